The van der Waals surface area contributed by atoms with Crippen LogP contribution in [0.2, 0.25) is 0 Å². The maximum Gasteiger partial charge on any atom is 0.143 e. The molecule has 202 valence electrons. The summed E-state index contributed by atoms with van der Waals surface area (Å²) in [5.74, 6) is 1.78. The Hall–Kier alpha value is -5.66. The largest absolute Gasteiger partial charge is 0.455 e. The predicted octanol–water partition coefficient (Wildman–Crippen LogP) is 11.9. The molecular formula is C42H28O. The highest BCUT2D eigenvalue weighted by Crippen LogP contribution is 2.46. The van der Waals surface area contributed by atoms with E-state index in [2.05, 4.69) is 170 Å². The molecule has 0 unspecified atom stereocenters. The molecule has 0 aliphatic heterocycles. The second kappa shape index (κ2) is 10.6. The Bertz CT molecular complexity index is 2210. The molecule has 1 aromatic heterocycles. The zero-order valence-electron chi connectivity index (χ0n) is 23.6. The van der Waals surface area contributed by atoms with Crippen LogP contribution in [0.25, 0.3) is 77.6 Å². The summed E-state index contributed by atoms with van der Waals surface area (Å²) in [6, 6.07) is 60.1. The van der Waals surface area contributed by atoms with Gasteiger partial charge in [-0.25, -0.2) is 0 Å². The van der Waals surface area contributed by atoms with E-state index in [4.69, 9.17) is 4.42 Å². The summed E-state index contributed by atoms with van der Waals surface area (Å²) in [4.78, 5) is 0. The first kappa shape index (κ1) is 25.1. The molecule has 0 aliphatic rings. The first-order valence-electron chi connectivity index (χ1n) is 14.7. The third-order valence-electron chi connectivity index (χ3n) is 8.33. The minimum Gasteiger partial charge on any atom is -0.455 e. The second-order valence-corrected chi connectivity index (χ2v) is 10.9. The zero-order chi connectivity index (χ0) is 28.6. The predicted molar refractivity (Wildman–Crippen MR) is 181 cm³/mol. The summed E-state index contributed by atoms with van der Waals surface area (Å²) in [5, 5.41) is 4.61. The van der Waals surface area contributed by atoms with Crippen molar-refractivity contribution in [1.82, 2.24) is 0 Å². The number of hydrogen-bond donors (Lipinski definition) is 0. The summed E-state index contributed by atoms with van der Waals surface area (Å²) < 4.78 is 7.04. The fourth-order valence-electron chi connectivity index (χ4n) is 6.27. The summed E-state index contributed by atoms with van der Waals surface area (Å²) in [6.07, 6.45) is 0. The normalized spacial score (nSPS) is 11.3. The third-order valence-corrected chi connectivity index (χ3v) is 8.33. The Morgan fingerprint density at radius 1 is 0.256 bits per heavy atom. The standard InChI is InChI=1S/C42H28O/c1-4-14-29(15-5-1)32-24-25-34(31-18-8-3-9-19-31)40(28-32)42-38-23-13-12-22-37(38)41(43-42)39-27-26-33(30-16-6-2-7-17-30)35-20-10-11-21-36(35)39/h1-28H. The van der Waals surface area contributed by atoms with Crippen molar-refractivity contribution >= 4 is 21.5 Å². The molecule has 1 nitrogen and oxygen atoms in total. The third kappa shape index (κ3) is 4.43. The minimum absolute atomic E-state index is 0.887. The van der Waals surface area contributed by atoms with Gasteiger partial charge in [0, 0.05) is 21.9 Å². The number of hydrogen-bond acceptors (Lipinski definition) is 1. The Morgan fingerprint density at radius 3 is 1.28 bits per heavy atom. The van der Waals surface area contributed by atoms with Gasteiger partial charge in [-0.3, -0.25) is 0 Å². The molecule has 0 amide bonds. The van der Waals surface area contributed by atoms with Gasteiger partial charge in [0.05, 0.1) is 0 Å². The van der Waals surface area contributed by atoms with E-state index in [0.29, 0.717) is 0 Å². The number of furan rings is 1. The first-order valence-corrected chi connectivity index (χ1v) is 14.7. The SMILES string of the molecule is c1ccc(-c2ccc(-c3ccccc3)c(-c3oc(-c4ccc(-c5ccccc5)c5ccccc45)c4ccccc34)c2)cc1. The highest BCUT2D eigenvalue weighted by Gasteiger charge is 2.21. The maximum atomic E-state index is 7.04. The van der Waals surface area contributed by atoms with E-state index in [-0.39, 0.29) is 0 Å². The lowest BCUT2D eigenvalue weighted by molar-refractivity contribution is 0.603. The molecule has 1 heterocycles. The fourth-order valence-corrected chi connectivity index (χ4v) is 6.27. The lowest BCUT2D eigenvalue weighted by Gasteiger charge is -2.12. The summed E-state index contributed by atoms with van der Waals surface area (Å²) in [6.45, 7) is 0. The molecule has 0 atom stereocenters. The van der Waals surface area contributed by atoms with Crippen molar-refractivity contribution in [2.24, 2.45) is 0 Å². The molecule has 7 aromatic carbocycles. The van der Waals surface area contributed by atoms with Gasteiger partial charge in [-0.1, -0.05) is 158 Å². The van der Waals surface area contributed by atoms with Gasteiger partial charge >= 0.3 is 0 Å². The first-order chi connectivity index (χ1) is 21.3. The molecule has 43 heavy (non-hydrogen) atoms. The Labute approximate surface area is 251 Å². The average Bonchev–Trinajstić information content (AvgIpc) is 3.48. The van der Waals surface area contributed by atoms with Crippen LogP contribution in [0.3, 0.4) is 0 Å². The van der Waals surface area contributed by atoms with Crippen LogP contribution < -0.4 is 0 Å². The zero-order valence-corrected chi connectivity index (χ0v) is 23.6. The Balaban J connectivity index is 1.39. The number of fused-ring (bicyclic) bond motifs is 2. The van der Waals surface area contributed by atoms with Gasteiger partial charge in [-0.05, 0) is 56.3 Å². The molecule has 0 saturated heterocycles. The molecule has 0 N–H and O–H groups in total. The summed E-state index contributed by atoms with van der Waals surface area (Å²) >= 11 is 0. The number of rotatable bonds is 5. The lowest BCUT2D eigenvalue weighted by Crippen LogP contribution is -1.87. The van der Waals surface area contributed by atoms with Gasteiger partial charge in [-0.15, -0.1) is 0 Å². The fraction of sp³-hybridized carbons (Fsp3) is 0. The van der Waals surface area contributed by atoms with Gasteiger partial charge in [0.25, 0.3) is 0 Å². The van der Waals surface area contributed by atoms with Crippen LogP contribution in [0.5, 0.6) is 0 Å². The Kier molecular flexibility index (Phi) is 6.20. The molecule has 0 saturated carbocycles. The highest BCUT2D eigenvalue weighted by molar-refractivity contribution is 6.11. The number of benzene rings is 7. The van der Waals surface area contributed by atoms with Crippen molar-refractivity contribution in [3.05, 3.63) is 170 Å². The molecule has 0 fully saturated rings. The minimum atomic E-state index is 0.887. The van der Waals surface area contributed by atoms with Gasteiger partial charge < -0.3 is 4.42 Å². The summed E-state index contributed by atoms with van der Waals surface area (Å²) in [7, 11) is 0. The maximum absolute atomic E-state index is 7.04. The smallest absolute Gasteiger partial charge is 0.143 e. The topological polar surface area (TPSA) is 13.1 Å². The lowest BCUT2D eigenvalue weighted by atomic mass is 9.92. The molecule has 0 spiro atoms. The van der Waals surface area contributed by atoms with Crippen molar-refractivity contribution in [2.75, 3.05) is 0 Å². The van der Waals surface area contributed by atoms with Crippen LogP contribution in [-0.4, -0.2) is 0 Å². The van der Waals surface area contributed by atoms with Crippen LogP contribution >= 0.6 is 0 Å². The van der Waals surface area contributed by atoms with E-state index in [9.17, 15) is 0 Å². The van der Waals surface area contributed by atoms with Crippen molar-refractivity contribution in [2.45, 2.75) is 0 Å². The van der Waals surface area contributed by atoms with Crippen LogP contribution in [0.15, 0.2) is 174 Å². The molecule has 0 aliphatic carbocycles. The second-order valence-electron chi connectivity index (χ2n) is 10.9. The van der Waals surface area contributed by atoms with Crippen molar-refractivity contribution < 1.29 is 4.42 Å². The monoisotopic (exact) mass is 548 g/mol. The molecule has 8 aromatic rings. The van der Waals surface area contributed by atoms with Crippen LogP contribution in [0, 0.1) is 0 Å². The van der Waals surface area contributed by atoms with E-state index in [1.165, 1.54) is 27.5 Å². The highest BCUT2D eigenvalue weighted by atomic mass is 16.3. The van der Waals surface area contributed by atoms with Gasteiger partial charge in [0.2, 0.25) is 0 Å². The van der Waals surface area contributed by atoms with E-state index in [0.717, 1.165) is 50.1 Å². The van der Waals surface area contributed by atoms with Gasteiger partial charge in [0.15, 0.2) is 0 Å². The summed E-state index contributed by atoms with van der Waals surface area (Å²) in [5.41, 5.74) is 9.26. The van der Waals surface area contributed by atoms with Crippen LogP contribution in [0.4, 0.5) is 0 Å². The van der Waals surface area contributed by atoms with E-state index < -0.39 is 0 Å². The quantitative estimate of drug-likeness (QED) is 0.208. The van der Waals surface area contributed by atoms with Gasteiger partial charge in [-0.2, -0.15) is 0 Å². The average molecular weight is 549 g/mol. The van der Waals surface area contributed by atoms with E-state index in [1.54, 1.807) is 0 Å². The van der Waals surface area contributed by atoms with E-state index >= 15 is 0 Å². The molecule has 0 bridgehead atoms. The van der Waals surface area contributed by atoms with Crippen molar-refractivity contribution in [3.8, 4) is 56.0 Å². The van der Waals surface area contributed by atoms with E-state index in [1.807, 2.05) is 0 Å². The van der Waals surface area contributed by atoms with Gasteiger partial charge in [0.1, 0.15) is 11.5 Å². The molecular weight excluding hydrogens is 520 g/mol. The van der Waals surface area contributed by atoms with Crippen LogP contribution in [0.1, 0.15) is 0 Å². The molecule has 8 rings (SSSR count). The molecule has 1 heteroatoms. The van der Waals surface area contributed by atoms with Crippen molar-refractivity contribution in [1.29, 1.82) is 0 Å². The van der Waals surface area contributed by atoms with Crippen LogP contribution in [-0.2, 0) is 0 Å². The molecule has 0 radical (unpaired) electrons. The van der Waals surface area contributed by atoms with Crippen molar-refractivity contribution in [3.63, 3.8) is 0 Å². The Morgan fingerprint density at radius 2 is 0.674 bits per heavy atom.